The van der Waals surface area contributed by atoms with Crippen LogP contribution in [0.2, 0.25) is 0 Å². The summed E-state index contributed by atoms with van der Waals surface area (Å²) in [6, 6.07) is 13.3. The van der Waals surface area contributed by atoms with E-state index in [0.717, 1.165) is 66.6 Å². The standard InChI is InChI=1S/C30H27N5O4S2/c31-16-22-19-10-3-4-13-23(19)41-27(22)32-24(36)17-40-30-34-33-25(39-30)14-2-1-5-15-35-28(37)20-11-6-8-18-9-7-12-21(26(18)20)29(35)38/h6-9,11-12H,1-5,10,13-15,17H2,(H,32,36). The molecule has 2 aromatic heterocycles. The topological polar surface area (TPSA) is 129 Å². The van der Waals surface area contributed by atoms with Crippen LogP contribution in [0.3, 0.4) is 0 Å². The Morgan fingerprint density at radius 3 is 2.56 bits per heavy atom. The first kappa shape index (κ1) is 27.2. The number of carbonyl (C=O) groups is 3. The third-order valence-corrected chi connectivity index (χ3v) is 9.46. The lowest BCUT2D eigenvalue weighted by Crippen LogP contribution is -2.40. The summed E-state index contributed by atoms with van der Waals surface area (Å²) in [7, 11) is 0. The van der Waals surface area contributed by atoms with Crippen LogP contribution in [0.15, 0.2) is 46.0 Å². The summed E-state index contributed by atoms with van der Waals surface area (Å²) in [6.07, 6.45) is 6.82. The summed E-state index contributed by atoms with van der Waals surface area (Å²) in [6.45, 7) is 0.350. The number of nitriles is 1. The van der Waals surface area contributed by atoms with Crippen LogP contribution in [0.25, 0.3) is 10.8 Å². The highest BCUT2D eigenvalue weighted by Crippen LogP contribution is 2.37. The van der Waals surface area contributed by atoms with Crippen LogP contribution >= 0.6 is 23.1 Å². The summed E-state index contributed by atoms with van der Waals surface area (Å²) < 4.78 is 5.69. The van der Waals surface area contributed by atoms with Gasteiger partial charge in [0, 0.05) is 34.4 Å². The summed E-state index contributed by atoms with van der Waals surface area (Å²) in [5, 5.41) is 23.2. The largest absolute Gasteiger partial charge is 0.416 e. The first-order valence-corrected chi connectivity index (χ1v) is 15.5. The van der Waals surface area contributed by atoms with Gasteiger partial charge in [0.05, 0.1) is 11.3 Å². The van der Waals surface area contributed by atoms with Crippen LogP contribution < -0.4 is 5.32 Å². The number of aryl methyl sites for hydroxylation is 2. The number of nitrogens with zero attached hydrogens (tertiary/aromatic N) is 4. The van der Waals surface area contributed by atoms with E-state index in [1.807, 2.05) is 24.3 Å². The van der Waals surface area contributed by atoms with Gasteiger partial charge in [0.1, 0.15) is 11.1 Å². The average molecular weight is 586 g/mol. The number of hydrogen-bond acceptors (Lipinski definition) is 9. The zero-order valence-electron chi connectivity index (χ0n) is 22.3. The molecule has 0 spiro atoms. The zero-order chi connectivity index (χ0) is 28.3. The third-order valence-electron chi connectivity index (χ3n) is 7.44. The van der Waals surface area contributed by atoms with Gasteiger partial charge >= 0.3 is 0 Å². The highest BCUT2D eigenvalue weighted by atomic mass is 32.2. The van der Waals surface area contributed by atoms with Gasteiger partial charge in [-0.1, -0.05) is 42.4 Å². The molecule has 6 rings (SSSR count). The Labute approximate surface area is 244 Å². The van der Waals surface area contributed by atoms with Crippen molar-refractivity contribution in [2.75, 3.05) is 17.6 Å². The number of unbranched alkanes of at least 4 members (excludes halogenated alkanes) is 2. The maximum Gasteiger partial charge on any atom is 0.277 e. The van der Waals surface area contributed by atoms with E-state index in [0.29, 0.717) is 52.2 Å². The Balaban J connectivity index is 0.950. The SMILES string of the molecule is N#Cc1c(NC(=O)CSc2nnc(CCCCCN3C(=O)c4cccc5cccc(c45)C3=O)o2)sc2c1CCCC2. The van der Waals surface area contributed by atoms with E-state index in [4.69, 9.17) is 4.42 Å². The van der Waals surface area contributed by atoms with Crippen LogP contribution in [-0.4, -0.2) is 45.1 Å². The number of aromatic nitrogens is 2. The number of rotatable bonds is 10. The van der Waals surface area contributed by atoms with Crippen molar-refractivity contribution in [2.24, 2.45) is 0 Å². The molecule has 4 aromatic rings. The Morgan fingerprint density at radius 2 is 1.80 bits per heavy atom. The van der Waals surface area contributed by atoms with E-state index < -0.39 is 0 Å². The Morgan fingerprint density at radius 1 is 1.05 bits per heavy atom. The van der Waals surface area contributed by atoms with Crippen molar-refractivity contribution in [3.05, 3.63) is 69.4 Å². The monoisotopic (exact) mass is 585 g/mol. The maximum atomic E-state index is 13.0. The third kappa shape index (κ3) is 5.49. The number of anilines is 1. The van der Waals surface area contributed by atoms with Gasteiger partial charge in [-0.15, -0.1) is 21.5 Å². The molecule has 0 unspecified atom stereocenters. The molecule has 1 N–H and O–H groups in total. The molecule has 11 heteroatoms. The Bertz CT molecular complexity index is 1650. The molecule has 1 aliphatic heterocycles. The minimum atomic E-state index is -0.246. The van der Waals surface area contributed by atoms with E-state index in [2.05, 4.69) is 21.6 Å². The second kappa shape index (κ2) is 11.8. The predicted molar refractivity (Wildman–Crippen MR) is 156 cm³/mol. The molecule has 2 aromatic carbocycles. The van der Waals surface area contributed by atoms with Gasteiger partial charge in [-0.05, 0) is 61.6 Å². The predicted octanol–water partition coefficient (Wildman–Crippen LogP) is 5.77. The maximum absolute atomic E-state index is 13.0. The van der Waals surface area contributed by atoms with Crippen molar-refractivity contribution in [3.8, 4) is 6.07 Å². The number of amides is 3. The number of fused-ring (bicyclic) bond motifs is 1. The Kier molecular flexibility index (Phi) is 7.85. The van der Waals surface area contributed by atoms with Crippen molar-refractivity contribution < 1.29 is 18.8 Å². The zero-order valence-corrected chi connectivity index (χ0v) is 23.9. The van der Waals surface area contributed by atoms with Gasteiger partial charge in [-0.2, -0.15) is 5.26 Å². The van der Waals surface area contributed by atoms with E-state index in [-0.39, 0.29) is 23.5 Å². The molecule has 0 atom stereocenters. The number of carbonyl (C=O) groups excluding carboxylic acids is 3. The first-order valence-electron chi connectivity index (χ1n) is 13.7. The molecule has 0 bridgehead atoms. The molecule has 208 valence electrons. The van der Waals surface area contributed by atoms with Gasteiger partial charge in [-0.3, -0.25) is 19.3 Å². The molecule has 3 heterocycles. The number of benzene rings is 2. The van der Waals surface area contributed by atoms with Gasteiger partial charge in [0.25, 0.3) is 17.0 Å². The molecule has 1 aliphatic carbocycles. The van der Waals surface area contributed by atoms with E-state index in [9.17, 15) is 19.6 Å². The van der Waals surface area contributed by atoms with Gasteiger partial charge in [0.2, 0.25) is 11.8 Å². The van der Waals surface area contributed by atoms with Crippen molar-refractivity contribution in [2.45, 2.75) is 56.6 Å². The lowest BCUT2D eigenvalue weighted by atomic mass is 9.94. The smallest absolute Gasteiger partial charge is 0.277 e. The minimum absolute atomic E-state index is 0.101. The summed E-state index contributed by atoms with van der Waals surface area (Å²) in [5.74, 6) is -0.125. The fourth-order valence-electron chi connectivity index (χ4n) is 5.47. The molecule has 9 nitrogen and oxygen atoms in total. The quantitative estimate of drug-likeness (QED) is 0.141. The normalized spacial score (nSPS) is 14.3. The molecule has 2 aliphatic rings. The summed E-state index contributed by atoms with van der Waals surface area (Å²) in [4.78, 5) is 41.1. The highest BCUT2D eigenvalue weighted by molar-refractivity contribution is 7.99. The van der Waals surface area contributed by atoms with Crippen LogP contribution in [0, 0.1) is 11.3 Å². The second-order valence-corrected chi connectivity index (χ2v) is 12.1. The molecule has 0 saturated heterocycles. The molecule has 0 fully saturated rings. The van der Waals surface area contributed by atoms with Crippen molar-refractivity contribution in [1.29, 1.82) is 5.26 Å². The Hall–Kier alpha value is -4.01. The molecular weight excluding hydrogens is 558 g/mol. The summed E-state index contributed by atoms with van der Waals surface area (Å²) in [5.41, 5.74) is 2.83. The van der Waals surface area contributed by atoms with Crippen LogP contribution in [0.4, 0.5) is 5.00 Å². The number of imide groups is 1. The molecular formula is C30H27N5O4S2. The number of thioether (sulfide) groups is 1. The molecule has 3 amide bonds. The number of nitrogens with one attached hydrogen (secondary N) is 1. The van der Waals surface area contributed by atoms with E-state index >= 15 is 0 Å². The van der Waals surface area contributed by atoms with Gasteiger partial charge < -0.3 is 9.73 Å². The van der Waals surface area contributed by atoms with Gasteiger partial charge in [0.15, 0.2) is 0 Å². The minimum Gasteiger partial charge on any atom is -0.416 e. The highest BCUT2D eigenvalue weighted by Gasteiger charge is 2.32. The van der Waals surface area contributed by atoms with E-state index in [1.54, 1.807) is 12.1 Å². The van der Waals surface area contributed by atoms with Crippen LogP contribution in [-0.2, 0) is 24.1 Å². The first-order chi connectivity index (χ1) is 20.0. The lowest BCUT2D eigenvalue weighted by molar-refractivity contribution is -0.113. The molecule has 41 heavy (non-hydrogen) atoms. The van der Waals surface area contributed by atoms with Crippen LogP contribution in [0.5, 0.6) is 0 Å². The lowest BCUT2D eigenvalue weighted by Gasteiger charge is -2.27. The van der Waals surface area contributed by atoms with Crippen molar-refractivity contribution in [3.63, 3.8) is 0 Å². The number of thiophene rings is 1. The van der Waals surface area contributed by atoms with Crippen molar-refractivity contribution >= 4 is 56.6 Å². The second-order valence-electron chi connectivity index (χ2n) is 10.1. The number of hydrogen-bond donors (Lipinski definition) is 1. The fourth-order valence-corrected chi connectivity index (χ4v) is 7.30. The average Bonchev–Trinajstić information content (AvgIpc) is 3.59. The molecule has 0 saturated carbocycles. The summed E-state index contributed by atoms with van der Waals surface area (Å²) >= 11 is 2.66. The van der Waals surface area contributed by atoms with Crippen LogP contribution in [0.1, 0.15) is 74.7 Å². The van der Waals surface area contributed by atoms with Crippen molar-refractivity contribution in [1.82, 2.24) is 15.1 Å². The van der Waals surface area contributed by atoms with Gasteiger partial charge in [-0.25, -0.2) is 0 Å². The molecule has 0 radical (unpaired) electrons. The van der Waals surface area contributed by atoms with E-state index in [1.165, 1.54) is 21.1 Å². The fraction of sp³-hybridized carbons (Fsp3) is 0.333.